The summed E-state index contributed by atoms with van der Waals surface area (Å²) in [5, 5.41) is 0. The van der Waals surface area contributed by atoms with Crippen LogP contribution < -0.4 is 0 Å². The Bertz CT molecular complexity index is 474. The highest BCUT2D eigenvalue weighted by molar-refractivity contribution is 7.53. The maximum Gasteiger partial charge on any atom is 0.331 e. The molecule has 0 saturated carbocycles. The van der Waals surface area contributed by atoms with E-state index in [4.69, 9.17) is 9.05 Å². The first-order valence-electron chi connectivity index (χ1n) is 9.18. The number of aryl methyl sites for hydroxylation is 2. The van der Waals surface area contributed by atoms with Crippen molar-refractivity contribution in [2.24, 2.45) is 0 Å². The van der Waals surface area contributed by atoms with Gasteiger partial charge in [0.05, 0.1) is 19.4 Å². The first-order valence-corrected chi connectivity index (χ1v) is 10.9. The molecule has 0 aromatic heterocycles. The van der Waals surface area contributed by atoms with Crippen LogP contribution in [0.15, 0.2) is 24.3 Å². The molecule has 0 unspecified atom stereocenters. The molecular formula is C19H31O3P. The summed E-state index contributed by atoms with van der Waals surface area (Å²) in [5.74, 6) is 0. The molecule has 0 aliphatic carbocycles. The van der Waals surface area contributed by atoms with E-state index in [9.17, 15) is 4.57 Å². The van der Waals surface area contributed by atoms with Gasteiger partial charge in [-0.2, -0.15) is 0 Å². The number of unbranched alkanes of at least 4 members (excludes halogenated alkanes) is 5. The predicted octanol–water partition coefficient (Wildman–Crippen LogP) is 5.76. The van der Waals surface area contributed by atoms with E-state index >= 15 is 0 Å². The van der Waals surface area contributed by atoms with Gasteiger partial charge < -0.3 is 9.05 Å². The molecule has 130 valence electrons. The lowest BCUT2D eigenvalue weighted by molar-refractivity contribution is 0.146. The summed E-state index contributed by atoms with van der Waals surface area (Å²) in [5.41, 5.74) is 2.62. The monoisotopic (exact) mass is 338 g/mol. The summed E-state index contributed by atoms with van der Waals surface area (Å²) in [6, 6.07) is 8.73. The van der Waals surface area contributed by atoms with Gasteiger partial charge in [0.2, 0.25) is 0 Å². The molecule has 1 fully saturated rings. The van der Waals surface area contributed by atoms with Gasteiger partial charge in [-0.25, -0.2) is 0 Å². The Morgan fingerprint density at radius 3 is 2.09 bits per heavy atom. The number of benzene rings is 1. The maximum absolute atomic E-state index is 12.3. The molecule has 0 amide bonds. The smallest absolute Gasteiger partial charge is 0.308 e. The zero-order valence-corrected chi connectivity index (χ0v) is 15.4. The van der Waals surface area contributed by atoms with Crippen molar-refractivity contribution < 1.29 is 13.6 Å². The van der Waals surface area contributed by atoms with Crippen molar-refractivity contribution in [3.63, 3.8) is 0 Å². The van der Waals surface area contributed by atoms with E-state index < -0.39 is 7.60 Å². The highest BCUT2D eigenvalue weighted by Crippen LogP contribution is 2.50. The van der Waals surface area contributed by atoms with Crippen LogP contribution >= 0.6 is 7.60 Å². The largest absolute Gasteiger partial charge is 0.331 e. The summed E-state index contributed by atoms with van der Waals surface area (Å²) in [6.07, 6.45) is 11.3. The Morgan fingerprint density at radius 2 is 1.43 bits per heavy atom. The fourth-order valence-corrected chi connectivity index (χ4v) is 4.56. The van der Waals surface area contributed by atoms with E-state index in [2.05, 4.69) is 31.2 Å². The lowest BCUT2D eigenvalue weighted by Gasteiger charge is -2.22. The van der Waals surface area contributed by atoms with Gasteiger partial charge in [0, 0.05) is 0 Å². The van der Waals surface area contributed by atoms with Gasteiger partial charge in [-0.3, -0.25) is 4.57 Å². The highest BCUT2D eigenvalue weighted by Gasteiger charge is 2.27. The number of rotatable bonds is 10. The maximum atomic E-state index is 12.3. The van der Waals surface area contributed by atoms with E-state index in [1.807, 2.05) is 0 Å². The third kappa shape index (κ3) is 7.20. The minimum Gasteiger partial charge on any atom is -0.308 e. The van der Waals surface area contributed by atoms with Crippen LogP contribution in [0.4, 0.5) is 0 Å². The molecule has 2 rings (SSSR count). The van der Waals surface area contributed by atoms with Crippen LogP contribution in [0, 0.1) is 0 Å². The van der Waals surface area contributed by atoms with Gasteiger partial charge in [0.15, 0.2) is 0 Å². The van der Waals surface area contributed by atoms with Crippen molar-refractivity contribution >= 4 is 7.60 Å². The van der Waals surface area contributed by atoms with E-state index in [0.717, 1.165) is 19.3 Å². The van der Waals surface area contributed by atoms with Crippen LogP contribution in [-0.4, -0.2) is 19.4 Å². The van der Waals surface area contributed by atoms with Crippen LogP contribution in [0.3, 0.4) is 0 Å². The molecule has 1 aliphatic heterocycles. The van der Waals surface area contributed by atoms with Gasteiger partial charge in [0.1, 0.15) is 0 Å². The summed E-state index contributed by atoms with van der Waals surface area (Å²) in [7, 11) is -2.82. The predicted molar refractivity (Wildman–Crippen MR) is 96.2 cm³/mol. The normalized spacial score (nSPS) is 17.3. The van der Waals surface area contributed by atoms with Crippen LogP contribution in [0.5, 0.6) is 0 Å². The molecule has 4 heteroatoms. The minimum atomic E-state index is -2.82. The van der Waals surface area contributed by atoms with Crippen molar-refractivity contribution in [1.82, 2.24) is 0 Å². The topological polar surface area (TPSA) is 35.5 Å². The van der Waals surface area contributed by atoms with E-state index in [0.29, 0.717) is 19.4 Å². The van der Waals surface area contributed by atoms with Crippen molar-refractivity contribution in [3.05, 3.63) is 35.4 Å². The Balaban J connectivity index is 1.66. The summed E-state index contributed by atoms with van der Waals surface area (Å²) >= 11 is 0. The zero-order chi connectivity index (χ0) is 16.4. The quantitative estimate of drug-likeness (QED) is 0.402. The molecular weight excluding hydrogens is 307 g/mol. The molecule has 1 saturated heterocycles. The minimum absolute atomic E-state index is 0.490. The molecule has 0 spiro atoms. The average molecular weight is 338 g/mol. The van der Waals surface area contributed by atoms with E-state index in [1.54, 1.807) is 0 Å². The molecule has 0 N–H and O–H groups in total. The fraction of sp³-hybridized carbons (Fsp3) is 0.684. The highest BCUT2D eigenvalue weighted by atomic mass is 31.2. The summed E-state index contributed by atoms with van der Waals surface area (Å²) < 4.78 is 23.0. The summed E-state index contributed by atoms with van der Waals surface area (Å²) in [4.78, 5) is 0. The number of hydrogen-bond donors (Lipinski definition) is 0. The van der Waals surface area contributed by atoms with Gasteiger partial charge in [-0.15, -0.1) is 0 Å². The second kappa shape index (κ2) is 10.3. The van der Waals surface area contributed by atoms with Crippen molar-refractivity contribution in [2.45, 2.75) is 64.7 Å². The molecule has 0 atom stereocenters. The first-order chi connectivity index (χ1) is 11.2. The Labute approximate surface area is 141 Å². The lowest BCUT2D eigenvalue weighted by Crippen LogP contribution is -2.11. The third-order valence-electron chi connectivity index (χ3n) is 4.38. The lowest BCUT2D eigenvalue weighted by atomic mass is 10.0. The van der Waals surface area contributed by atoms with Crippen LogP contribution in [0.25, 0.3) is 0 Å². The Morgan fingerprint density at radius 1 is 0.870 bits per heavy atom. The van der Waals surface area contributed by atoms with Crippen molar-refractivity contribution in [3.8, 4) is 0 Å². The average Bonchev–Trinajstić information content (AvgIpc) is 2.58. The fourth-order valence-electron chi connectivity index (χ4n) is 2.88. The van der Waals surface area contributed by atoms with Gasteiger partial charge in [-0.05, 0) is 36.8 Å². The SMILES string of the molecule is CCCCCCCCc1ccc(CCP2(=O)OCCCO2)cc1. The molecule has 0 bridgehead atoms. The Hall–Kier alpha value is -0.630. The van der Waals surface area contributed by atoms with Gasteiger partial charge >= 0.3 is 7.60 Å². The molecule has 23 heavy (non-hydrogen) atoms. The molecule has 1 aromatic rings. The standard InChI is InChI=1S/C19H31O3P/c1-2-3-4-5-6-7-9-18-10-12-19(13-11-18)14-17-23(20)21-15-8-16-22-23/h10-13H,2-9,14-17H2,1H3. The molecule has 1 aliphatic rings. The van der Waals surface area contributed by atoms with Crippen LogP contribution in [-0.2, 0) is 26.5 Å². The molecule has 0 radical (unpaired) electrons. The van der Waals surface area contributed by atoms with Gasteiger partial charge in [-0.1, -0.05) is 63.3 Å². The second-order valence-corrected chi connectivity index (χ2v) is 8.62. The van der Waals surface area contributed by atoms with E-state index in [-0.39, 0.29) is 0 Å². The van der Waals surface area contributed by atoms with Crippen molar-refractivity contribution in [1.29, 1.82) is 0 Å². The third-order valence-corrected chi connectivity index (χ3v) is 6.30. The summed E-state index contributed by atoms with van der Waals surface area (Å²) in [6.45, 7) is 3.38. The molecule has 1 aromatic carbocycles. The molecule has 3 nitrogen and oxygen atoms in total. The zero-order valence-electron chi connectivity index (χ0n) is 14.5. The van der Waals surface area contributed by atoms with Crippen LogP contribution in [0.1, 0.15) is 63.0 Å². The first kappa shape index (κ1) is 18.7. The molecule has 1 heterocycles. The van der Waals surface area contributed by atoms with Crippen molar-refractivity contribution in [2.75, 3.05) is 19.4 Å². The number of hydrogen-bond acceptors (Lipinski definition) is 3. The second-order valence-electron chi connectivity index (χ2n) is 6.44. The Kier molecular flexibility index (Phi) is 8.36. The van der Waals surface area contributed by atoms with E-state index in [1.165, 1.54) is 49.7 Å². The van der Waals surface area contributed by atoms with Gasteiger partial charge in [0.25, 0.3) is 0 Å². The van der Waals surface area contributed by atoms with Crippen LogP contribution in [0.2, 0.25) is 0 Å².